The average molecular weight is 356 g/mol. The van der Waals surface area contributed by atoms with E-state index in [1.165, 1.54) is 11.5 Å². The summed E-state index contributed by atoms with van der Waals surface area (Å²) in [6, 6.07) is 8.51. The third-order valence-electron chi connectivity index (χ3n) is 7.67. The smallest absolute Gasteiger partial charge is 0.264 e. The van der Waals surface area contributed by atoms with Crippen LogP contribution in [0.2, 0.25) is 0 Å². The van der Waals surface area contributed by atoms with Crippen LogP contribution in [0, 0.1) is 17.8 Å². The van der Waals surface area contributed by atoms with E-state index in [1.54, 1.807) is 7.11 Å². The van der Waals surface area contributed by atoms with E-state index >= 15 is 0 Å². The van der Waals surface area contributed by atoms with Gasteiger partial charge in [0.05, 0.1) is 25.5 Å². The second-order valence-electron chi connectivity index (χ2n) is 8.54. The molecule has 140 valence electrons. The minimum Gasteiger partial charge on any atom is -0.376 e. The zero-order valence-corrected chi connectivity index (χ0v) is 15.9. The van der Waals surface area contributed by atoms with Crippen molar-refractivity contribution in [2.24, 2.45) is 17.8 Å². The van der Waals surface area contributed by atoms with Gasteiger partial charge < -0.3 is 9.64 Å². The first-order valence-electron chi connectivity index (χ1n) is 9.91. The van der Waals surface area contributed by atoms with Gasteiger partial charge in [-0.15, -0.1) is 0 Å². The lowest BCUT2D eigenvalue weighted by Crippen LogP contribution is -2.53. The Hall–Kier alpha value is -1.43. The van der Waals surface area contributed by atoms with Crippen LogP contribution in [0.3, 0.4) is 0 Å². The highest BCUT2D eigenvalue weighted by molar-refractivity contribution is 6.07. The maximum atomic E-state index is 13.7. The minimum absolute atomic E-state index is 0.0527. The van der Waals surface area contributed by atoms with Crippen molar-refractivity contribution in [1.29, 1.82) is 0 Å². The van der Waals surface area contributed by atoms with Gasteiger partial charge in [-0.3, -0.25) is 9.63 Å². The number of likely N-dealkylation sites (tertiary alicyclic amines) is 1. The molecule has 0 aromatic heterocycles. The maximum Gasteiger partial charge on any atom is 0.264 e. The molecule has 5 nitrogen and oxygen atoms in total. The van der Waals surface area contributed by atoms with Crippen LogP contribution in [-0.2, 0) is 19.8 Å². The fourth-order valence-corrected chi connectivity index (χ4v) is 6.41. The molecule has 1 aromatic rings. The van der Waals surface area contributed by atoms with Crippen molar-refractivity contribution in [1.82, 2.24) is 4.90 Å². The summed E-state index contributed by atoms with van der Waals surface area (Å²) < 4.78 is 6.41. The molecule has 1 unspecified atom stereocenters. The van der Waals surface area contributed by atoms with Crippen molar-refractivity contribution in [3.63, 3.8) is 0 Å². The molecule has 1 saturated carbocycles. The van der Waals surface area contributed by atoms with Crippen LogP contribution >= 0.6 is 0 Å². The fraction of sp³-hybridized carbons (Fsp3) is 0.667. The number of carbonyl (C=O) groups is 1. The molecular weight excluding hydrogens is 328 g/mol. The Morgan fingerprint density at radius 3 is 2.88 bits per heavy atom. The molecule has 4 aliphatic heterocycles. The molecule has 4 heterocycles. The number of benzene rings is 1. The summed E-state index contributed by atoms with van der Waals surface area (Å²) in [5, 5.41) is 1.50. The summed E-state index contributed by atoms with van der Waals surface area (Å²) >= 11 is 0. The molecule has 6 rings (SSSR count). The summed E-state index contributed by atoms with van der Waals surface area (Å²) in [6.45, 7) is 4.22. The molecule has 5 aliphatic rings. The lowest BCUT2D eigenvalue weighted by Gasteiger charge is -2.48. The standard InChI is InChI=1S/C21H28N2O3/c1-4-13-11-22(2)18-10-21(19-9-14(13)15(18)12-26-19)16-7-5-6-8-17(16)23(25-3)20(21)24/h5-8,13-15,18-19H,4,9-12H2,1-3H3/t13?,14-,15-,18-,19+,21-/m0/s1. The predicted molar refractivity (Wildman–Crippen MR) is 98.8 cm³/mol. The van der Waals surface area contributed by atoms with Crippen molar-refractivity contribution in [3.8, 4) is 0 Å². The number of amides is 1. The van der Waals surface area contributed by atoms with Gasteiger partial charge in [-0.1, -0.05) is 31.5 Å². The molecule has 3 saturated heterocycles. The summed E-state index contributed by atoms with van der Waals surface area (Å²) in [4.78, 5) is 21.7. The summed E-state index contributed by atoms with van der Waals surface area (Å²) in [7, 11) is 3.82. The van der Waals surface area contributed by atoms with Gasteiger partial charge in [-0.2, -0.15) is 5.06 Å². The highest BCUT2D eigenvalue weighted by Gasteiger charge is 2.64. The molecule has 0 N–H and O–H groups in total. The monoisotopic (exact) mass is 356 g/mol. The van der Waals surface area contributed by atoms with Gasteiger partial charge in [0, 0.05) is 18.5 Å². The number of hydrogen-bond acceptors (Lipinski definition) is 4. The maximum absolute atomic E-state index is 13.7. The van der Waals surface area contributed by atoms with Gasteiger partial charge in [-0.05, 0) is 43.4 Å². The number of fused-ring (bicyclic) bond motifs is 2. The molecule has 1 aliphatic carbocycles. The Morgan fingerprint density at radius 1 is 1.31 bits per heavy atom. The van der Waals surface area contributed by atoms with E-state index in [4.69, 9.17) is 9.57 Å². The number of anilines is 1. The van der Waals surface area contributed by atoms with Crippen LogP contribution < -0.4 is 5.06 Å². The quantitative estimate of drug-likeness (QED) is 0.817. The van der Waals surface area contributed by atoms with Gasteiger partial charge in [0.25, 0.3) is 5.91 Å². The largest absolute Gasteiger partial charge is 0.376 e. The molecule has 0 radical (unpaired) electrons. The number of ether oxygens (including phenoxy) is 1. The van der Waals surface area contributed by atoms with E-state index in [0.717, 1.165) is 37.2 Å². The van der Waals surface area contributed by atoms with E-state index in [2.05, 4.69) is 24.9 Å². The number of piperidine rings is 1. The summed E-state index contributed by atoms with van der Waals surface area (Å²) in [5.41, 5.74) is 1.36. The molecule has 5 heteroatoms. The molecule has 1 spiro atoms. The van der Waals surface area contributed by atoms with E-state index in [1.807, 2.05) is 18.2 Å². The fourth-order valence-electron chi connectivity index (χ4n) is 6.41. The van der Waals surface area contributed by atoms with Crippen LogP contribution in [-0.4, -0.2) is 50.3 Å². The van der Waals surface area contributed by atoms with Gasteiger partial charge in [0.1, 0.15) is 5.41 Å². The third-order valence-corrected chi connectivity index (χ3v) is 7.67. The molecular formula is C21H28N2O3. The second-order valence-corrected chi connectivity index (χ2v) is 8.54. The zero-order valence-electron chi connectivity index (χ0n) is 15.9. The first kappa shape index (κ1) is 16.7. The second kappa shape index (κ2) is 5.78. The molecule has 6 atom stereocenters. The van der Waals surface area contributed by atoms with Crippen LogP contribution in [0.25, 0.3) is 0 Å². The number of para-hydroxylation sites is 1. The van der Waals surface area contributed by atoms with E-state index in [-0.39, 0.29) is 12.0 Å². The van der Waals surface area contributed by atoms with Crippen LogP contribution in [0.4, 0.5) is 5.69 Å². The van der Waals surface area contributed by atoms with Gasteiger partial charge >= 0.3 is 0 Å². The molecule has 4 fully saturated rings. The number of nitrogens with zero attached hydrogens (tertiary/aromatic N) is 2. The van der Waals surface area contributed by atoms with Gasteiger partial charge in [0.15, 0.2) is 0 Å². The van der Waals surface area contributed by atoms with Crippen LogP contribution in [0.1, 0.15) is 31.7 Å². The van der Waals surface area contributed by atoms with Crippen molar-refractivity contribution in [3.05, 3.63) is 29.8 Å². The Labute approximate surface area is 155 Å². The number of hydroxylamine groups is 1. The molecule has 1 aromatic carbocycles. The van der Waals surface area contributed by atoms with Crippen molar-refractivity contribution in [2.75, 3.05) is 32.4 Å². The van der Waals surface area contributed by atoms with Crippen molar-refractivity contribution >= 4 is 11.6 Å². The topological polar surface area (TPSA) is 42.0 Å². The van der Waals surface area contributed by atoms with E-state index < -0.39 is 5.41 Å². The van der Waals surface area contributed by atoms with Crippen LogP contribution in [0.5, 0.6) is 0 Å². The zero-order chi connectivity index (χ0) is 18.1. The summed E-state index contributed by atoms with van der Waals surface area (Å²) in [5.74, 6) is 1.95. The number of carbonyl (C=O) groups excluding carboxylic acids is 1. The van der Waals surface area contributed by atoms with Crippen LogP contribution in [0.15, 0.2) is 24.3 Å². The highest BCUT2D eigenvalue weighted by atomic mass is 16.7. The Morgan fingerprint density at radius 2 is 2.12 bits per heavy atom. The first-order chi connectivity index (χ1) is 12.6. The van der Waals surface area contributed by atoms with Gasteiger partial charge in [0.2, 0.25) is 0 Å². The van der Waals surface area contributed by atoms with E-state index in [0.29, 0.717) is 23.8 Å². The lowest BCUT2D eigenvalue weighted by atomic mass is 9.70. The molecule has 4 bridgehead atoms. The minimum atomic E-state index is -0.613. The summed E-state index contributed by atoms with van der Waals surface area (Å²) in [6.07, 6.45) is 2.97. The first-order valence-corrected chi connectivity index (χ1v) is 9.91. The highest BCUT2D eigenvalue weighted by Crippen LogP contribution is 2.57. The van der Waals surface area contributed by atoms with Crippen molar-refractivity contribution in [2.45, 2.75) is 43.7 Å². The van der Waals surface area contributed by atoms with E-state index in [9.17, 15) is 4.79 Å². The Balaban J connectivity index is 1.67. The Bertz CT molecular complexity index is 738. The predicted octanol–water partition coefficient (Wildman–Crippen LogP) is 2.60. The Kier molecular flexibility index (Phi) is 3.72. The normalized spacial score (nSPS) is 41.6. The van der Waals surface area contributed by atoms with Crippen molar-refractivity contribution < 1.29 is 14.4 Å². The third kappa shape index (κ3) is 1.94. The molecule has 1 amide bonds. The molecule has 26 heavy (non-hydrogen) atoms. The van der Waals surface area contributed by atoms with Gasteiger partial charge in [-0.25, -0.2) is 0 Å². The SMILES string of the molecule is CCC1CN(C)[C@H]2C[C@@]3(C(=O)N(OC)c4ccccc43)[C@H]3C[C@@H]1[C@@H]2CO3. The lowest BCUT2D eigenvalue weighted by molar-refractivity contribution is -0.139. The number of hydrogen-bond donors (Lipinski definition) is 0. The average Bonchev–Trinajstić information content (AvgIpc) is 2.77. The number of rotatable bonds is 2.